The van der Waals surface area contributed by atoms with Crippen molar-refractivity contribution in [2.75, 3.05) is 13.2 Å². The molecule has 0 unspecified atom stereocenters. The van der Waals surface area contributed by atoms with Gasteiger partial charge in [-0.1, -0.05) is 12.1 Å². The monoisotopic (exact) mass is 340 g/mol. The lowest BCUT2D eigenvalue weighted by molar-refractivity contribution is -0.132. The number of amides is 1. The predicted molar refractivity (Wildman–Crippen MR) is 95.2 cm³/mol. The minimum absolute atomic E-state index is 0.0376. The van der Waals surface area contributed by atoms with Crippen molar-refractivity contribution in [3.05, 3.63) is 59.4 Å². The van der Waals surface area contributed by atoms with Gasteiger partial charge in [-0.15, -0.1) is 0 Å². The molecule has 1 aliphatic rings. The summed E-state index contributed by atoms with van der Waals surface area (Å²) in [5, 5.41) is 9.86. The maximum Gasteiger partial charge on any atom is 0.227 e. The lowest BCUT2D eigenvalue weighted by atomic mass is 10.1. The summed E-state index contributed by atoms with van der Waals surface area (Å²) < 4.78 is 5.71. The van der Waals surface area contributed by atoms with Crippen molar-refractivity contribution in [1.29, 1.82) is 0 Å². The number of carbonyl (C=O) groups is 1. The number of nitrogens with zero attached hydrogens (tertiary/aromatic N) is 2. The van der Waals surface area contributed by atoms with Gasteiger partial charge < -0.3 is 14.7 Å². The van der Waals surface area contributed by atoms with E-state index in [1.54, 1.807) is 18.5 Å². The molecule has 1 aliphatic heterocycles. The van der Waals surface area contributed by atoms with Gasteiger partial charge in [0.1, 0.15) is 5.75 Å². The lowest BCUT2D eigenvalue weighted by Gasteiger charge is -2.26. The van der Waals surface area contributed by atoms with Gasteiger partial charge in [0.25, 0.3) is 0 Å². The van der Waals surface area contributed by atoms with Crippen molar-refractivity contribution < 1.29 is 14.6 Å². The molecule has 2 heterocycles. The van der Waals surface area contributed by atoms with Gasteiger partial charge in [-0.2, -0.15) is 0 Å². The van der Waals surface area contributed by atoms with Gasteiger partial charge in [-0.3, -0.25) is 9.78 Å². The second kappa shape index (κ2) is 8.12. The quantitative estimate of drug-likeness (QED) is 0.878. The van der Waals surface area contributed by atoms with Gasteiger partial charge in [0, 0.05) is 32.1 Å². The molecule has 1 atom stereocenters. The fourth-order valence-corrected chi connectivity index (χ4v) is 3.05. The zero-order chi connectivity index (χ0) is 17.6. The van der Waals surface area contributed by atoms with Gasteiger partial charge in [0.2, 0.25) is 5.91 Å². The van der Waals surface area contributed by atoms with Crippen molar-refractivity contribution in [2.24, 2.45) is 0 Å². The Labute approximate surface area is 148 Å². The molecule has 0 aliphatic carbocycles. The van der Waals surface area contributed by atoms with E-state index in [0.717, 1.165) is 36.1 Å². The average Bonchev–Trinajstić information content (AvgIpc) is 3.12. The van der Waals surface area contributed by atoms with Crippen LogP contribution in [0.15, 0.2) is 42.7 Å². The Hall–Kier alpha value is -2.40. The van der Waals surface area contributed by atoms with Crippen molar-refractivity contribution >= 4 is 5.91 Å². The number of aromatic nitrogens is 1. The number of phenols is 1. The van der Waals surface area contributed by atoms with E-state index in [0.29, 0.717) is 13.1 Å². The maximum atomic E-state index is 12.9. The molecule has 1 saturated heterocycles. The molecular weight excluding hydrogens is 316 g/mol. The molecule has 5 nitrogen and oxygen atoms in total. The van der Waals surface area contributed by atoms with E-state index in [9.17, 15) is 9.90 Å². The summed E-state index contributed by atoms with van der Waals surface area (Å²) in [6.45, 7) is 3.75. The Morgan fingerprint density at radius 1 is 1.28 bits per heavy atom. The van der Waals surface area contributed by atoms with Crippen molar-refractivity contribution in [1.82, 2.24) is 9.88 Å². The van der Waals surface area contributed by atoms with Gasteiger partial charge in [0.05, 0.1) is 12.5 Å². The summed E-state index contributed by atoms with van der Waals surface area (Å²) >= 11 is 0. The molecule has 1 aromatic carbocycles. The third kappa shape index (κ3) is 4.79. The molecule has 1 N–H and O–H groups in total. The first-order valence-electron chi connectivity index (χ1n) is 8.68. The van der Waals surface area contributed by atoms with Crippen LogP contribution in [0.3, 0.4) is 0 Å². The lowest BCUT2D eigenvalue weighted by Crippen LogP contribution is -2.37. The molecule has 1 aromatic heterocycles. The zero-order valence-electron chi connectivity index (χ0n) is 14.5. The third-order valence-corrected chi connectivity index (χ3v) is 4.55. The molecule has 0 radical (unpaired) electrons. The highest BCUT2D eigenvalue weighted by Gasteiger charge is 2.23. The SMILES string of the molecule is Cc1ccc(CC(=O)N(Cc2ccncc2)C[C@@H]2CCCO2)cc1O. The van der Waals surface area contributed by atoms with Crippen LogP contribution in [0.5, 0.6) is 5.75 Å². The van der Waals surface area contributed by atoms with E-state index in [-0.39, 0.29) is 24.2 Å². The smallest absolute Gasteiger partial charge is 0.227 e. The number of hydrogen-bond acceptors (Lipinski definition) is 4. The average molecular weight is 340 g/mol. The molecular formula is C20H24N2O3. The second-order valence-electron chi connectivity index (χ2n) is 6.56. The van der Waals surface area contributed by atoms with Gasteiger partial charge in [-0.05, 0) is 54.7 Å². The number of phenolic OH excluding ortho intramolecular Hbond substituents is 1. The van der Waals surface area contributed by atoms with Crippen LogP contribution in [-0.2, 0) is 22.5 Å². The topological polar surface area (TPSA) is 62.7 Å². The first-order chi connectivity index (χ1) is 12.1. The molecule has 1 amide bonds. The number of rotatable bonds is 6. The summed E-state index contributed by atoms with van der Waals surface area (Å²) in [5.74, 6) is 0.265. The Balaban J connectivity index is 1.72. The highest BCUT2D eigenvalue weighted by molar-refractivity contribution is 5.79. The Bertz CT molecular complexity index is 712. The predicted octanol–water partition coefficient (Wildman–Crippen LogP) is 2.85. The summed E-state index contributed by atoms with van der Waals surface area (Å²) in [5.41, 5.74) is 2.68. The molecule has 25 heavy (non-hydrogen) atoms. The number of aryl methyl sites for hydroxylation is 1. The Morgan fingerprint density at radius 2 is 2.08 bits per heavy atom. The number of pyridine rings is 1. The van der Waals surface area contributed by atoms with E-state index in [1.807, 2.05) is 36.1 Å². The van der Waals surface area contributed by atoms with Crippen LogP contribution in [0.4, 0.5) is 0 Å². The van der Waals surface area contributed by atoms with Crippen LogP contribution >= 0.6 is 0 Å². The van der Waals surface area contributed by atoms with Crippen LogP contribution in [0.1, 0.15) is 29.5 Å². The summed E-state index contributed by atoms with van der Waals surface area (Å²) in [7, 11) is 0. The molecule has 1 fully saturated rings. The molecule has 0 spiro atoms. The largest absolute Gasteiger partial charge is 0.508 e. The highest BCUT2D eigenvalue weighted by atomic mass is 16.5. The van der Waals surface area contributed by atoms with Crippen molar-refractivity contribution in [3.8, 4) is 5.75 Å². The molecule has 0 saturated carbocycles. The third-order valence-electron chi connectivity index (χ3n) is 4.55. The molecule has 132 valence electrons. The first-order valence-corrected chi connectivity index (χ1v) is 8.68. The first kappa shape index (κ1) is 17.4. The van der Waals surface area contributed by atoms with Gasteiger partial charge in [0.15, 0.2) is 0 Å². The van der Waals surface area contributed by atoms with Crippen molar-refractivity contribution in [2.45, 2.75) is 38.8 Å². The Morgan fingerprint density at radius 3 is 2.76 bits per heavy atom. The number of benzene rings is 1. The minimum atomic E-state index is 0.0376. The van der Waals surface area contributed by atoms with Gasteiger partial charge >= 0.3 is 0 Å². The van der Waals surface area contributed by atoms with E-state index >= 15 is 0 Å². The fraction of sp³-hybridized carbons (Fsp3) is 0.400. The van der Waals surface area contributed by atoms with Crippen LogP contribution in [0.2, 0.25) is 0 Å². The second-order valence-corrected chi connectivity index (χ2v) is 6.56. The number of carbonyl (C=O) groups excluding carboxylic acids is 1. The van der Waals surface area contributed by atoms with E-state index in [1.165, 1.54) is 0 Å². The zero-order valence-corrected chi connectivity index (χ0v) is 14.5. The summed E-state index contributed by atoms with van der Waals surface area (Å²) in [6, 6.07) is 9.25. The van der Waals surface area contributed by atoms with E-state index in [2.05, 4.69) is 4.98 Å². The number of aromatic hydroxyl groups is 1. The molecule has 5 heteroatoms. The van der Waals surface area contributed by atoms with Gasteiger partial charge in [-0.25, -0.2) is 0 Å². The van der Waals surface area contributed by atoms with Crippen LogP contribution in [0, 0.1) is 6.92 Å². The van der Waals surface area contributed by atoms with Crippen molar-refractivity contribution in [3.63, 3.8) is 0 Å². The maximum absolute atomic E-state index is 12.9. The van der Waals surface area contributed by atoms with Crippen LogP contribution in [-0.4, -0.2) is 40.2 Å². The summed E-state index contributed by atoms with van der Waals surface area (Å²) in [6.07, 6.45) is 5.90. The van der Waals surface area contributed by atoms with Crippen LogP contribution < -0.4 is 0 Å². The van der Waals surface area contributed by atoms with Crippen LogP contribution in [0.25, 0.3) is 0 Å². The fourth-order valence-electron chi connectivity index (χ4n) is 3.05. The summed E-state index contributed by atoms with van der Waals surface area (Å²) in [4.78, 5) is 18.8. The van der Waals surface area contributed by atoms with E-state index < -0.39 is 0 Å². The minimum Gasteiger partial charge on any atom is -0.508 e. The Kier molecular flexibility index (Phi) is 5.66. The molecule has 3 rings (SSSR count). The molecule has 0 bridgehead atoms. The normalized spacial score (nSPS) is 16.8. The standard InChI is InChI=1S/C20H24N2O3/c1-15-4-5-17(11-19(15)23)12-20(24)22(14-18-3-2-10-25-18)13-16-6-8-21-9-7-16/h4-9,11,18,23H,2-3,10,12-14H2,1H3/t18-/m0/s1. The molecule has 2 aromatic rings. The highest BCUT2D eigenvalue weighted by Crippen LogP contribution is 2.20. The van der Waals surface area contributed by atoms with E-state index in [4.69, 9.17) is 4.74 Å². The number of hydrogen-bond donors (Lipinski definition) is 1. The number of ether oxygens (including phenoxy) is 1.